The van der Waals surface area contributed by atoms with Gasteiger partial charge in [0.15, 0.2) is 11.9 Å². The van der Waals surface area contributed by atoms with Crippen LogP contribution in [0, 0.1) is 6.92 Å². The third-order valence-electron chi connectivity index (χ3n) is 6.28. The molecule has 0 aliphatic heterocycles. The van der Waals surface area contributed by atoms with E-state index in [-0.39, 0.29) is 11.5 Å². The van der Waals surface area contributed by atoms with Gasteiger partial charge in [-0.1, -0.05) is 66.7 Å². The number of rotatable bonds is 7. The number of amides is 1. The molecule has 1 atom stereocenters. The van der Waals surface area contributed by atoms with E-state index >= 15 is 0 Å². The van der Waals surface area contributed by atoms with Crippen LogP contribution in [0.4, 0.5) is 5.69 Å². The Labute approximate surface area is 224 Å². The Morgan fingerprint density at radius 1 is 0.872 bits per heavy atom. The van der Waals surface area contributed by atoms with Crippen molar-refractivity contribution in [2.24, 2.45) is 7.05 Å². The molecule has 2 aromatic heterocycles. The van der Waals surface area contributed by atoms with Crippen LogP contribution in [0.2, 0.25) is 0 Å². The highest BCUT2D eigenvalue weighted by molar-refractivity contribution is 5.96. The van der Waals surface area contributed by atoms with Crippen molar-refractivity contribution in [2.75, 3.05) is 5.32 Å². The maximum absolute atomic E-state index is 13.1. The quantitative estimate of drug-likeness (QED) is 0.324. The average molecular weight is 523 g/mol. The molecule has 10 nitrogen and oxygen atoms in total. The van der Waals surface area contributed by atoms with Crippen molar-refractivity contribution in [3.05, 3.63) is 113 Å². The van der Waals surface area contributed by atoms with E-state index < -0.39 is 23.5 Å². The van der Waals surface area contributed by atoms with Crippen LogP contribution in [0.5, 0.6) is 0 Å². The molecule has 0 aliphatic carbocycles. The molecule has 0 saturated heterocycles. The molecule has 5 rings (SSSR count). The molecule has 10 heteroatoms. The number of para-hydroxylation sites is 2. The highest BCUT2D eigenvalue weighted by Gasteiger charge is 2.26. The minimum Gasteiger partial charge on any atom is -0.447 e. The van der Waals surface area contributed by atoms with Gasteiger partial charge in [0.1, 0.15) is 5.69 Å². The van der Waals surface area contributed by atoms with Crippen molar-refractivity contribution >= 4 is 17.6 Å². The number of carbonyl (C=O) groups is 2. The molecule has 196 valence electrons. The fraction of sp³-hybridized carbons (Fsp3) is 0.138. The molecule has 0 fully saturated rings. The van der Waals surface area contributed by atoms with Crippen LogP contribution in [0.3, 0.4) is 0 Å². The van der Waals surface area contributed by atoms with Gasteiger partial charge in [0.2, 0.25) is 0 Å². The predicted molar refractivity (Wildman–Crippen MR) is 146 cm³/mol. The Morgan fingerprint density at radius 2 is 1.44 bits per heavy atom. The molecule has 0 saturated carbocycles. The summed E-state index contributed by atoms with van der Waals surface area (Å²) in [5, 5.41) is 6.99. The first-order valence-corrected chi connectivity index (χ1v) is 12.3. The standard InChI is InChI=1S/C29H26N6O4/c1-19-24(28(37)35(33(19)3)23-17-11-6-12-18-23)30-27(36)20(2)39-29(38)25-31-26(21-13-7-4-8-14-21)34(32-25)22-15-9-5-10-16-22/h4-18,20H,1-3H3,(H,30,36)/t20-/m1/s1. The van der Waals surface area contributed by atoms with Gasteiger partial charge in [0.05, 0.1) is 17.1 Å². The second-order valence-electron chi connectivity index (χ2n) is 8.85. The number of aromatic nitrogens is 5. The lowest BCUT2D eigenvalue weighted by Crippen LogP contribution is -2.32. The molecule has 3 aromatic carbocycles. The third kappa shape index (κ3) is 4.99. The summed E-state index contributed by atoms with van der Waals surface area (Å²) in [4.78, 5) is 43.5. The van der Waals surface area contributed by atoms with E-state index in [0.29, 0.717) is 22.9 Å². The van der Waals surface area contributed by atoms with Gasteiger partial charge in [-0.05, 0) is 38.1 Å². The zero-order valence-electron chi connectivity index (χ0n) is 21.6. The number of nitrogens with one attached hydrogen (secondary N) is 1. The van der Waals surface area contributed by atoms with Crippen molar-refractivity contribution < 1.29 is 14.3 Å². The second-order valence-corrected chi connectivity index (χ2v) is 8.85. The summed E-state index contributed by atoms with van der Waals surface area (Å²) in [5.41, 5.74) is 2.38. The van der Waals surface area contributed by atoms with Crippen LogP contribution in [0.1, 0.15) is 23.2 Å². The second kappa shape index (κ2) is 10.6. The Hall–Kier alpha value is -5.25. The molecule has 39 heavy (non-hydrogen) atoms. The van der Waals surface area contributed by atoms with Crippen LogP contribution in [0.25, 0.3) is 22.8 Å². The van der Waals surface area contributed by atoms with Gasteiger partial charge in [0, 0.05) is 12.6 Å². The van der Waals surface area contributed by atoms with E-state index in [2.05, 4.69) is 15.4 Å². The summed E-state index contributed by atoms with van der Waals surface area (Å²) < 4.78 is 10.1. The molecule has 5 aromatic rings. The van der Waals surface area contributed by atoms with Crippen LogP contribution < -0.4 is 10.9 Å². The summed E-state index contributed by atoms with van der Waals surface area (Å²) in [5.74, 6) is -1.26. The van der Waals surface area contributed by atoms with Gasteiger partial charge in [-0.25, -0.2) is 19.1 Å². The smallest absolute Gasteiger partial charge is 0.379 e. The fourth-order valence-electron chi connectivity index (χ4n) is 4.13. The average Bonchev–Trinajstić information content (AvgIpc) is 3.50. The van der Waals surface area contributed by atoms with Crippen LogP contribution in [-0.4, -0.2) is 42.1 Å². The molecule has 1 amide bonds. The number of hydrogen-bond acceptors (Lipinski definition) is 6. The predicted octanol–water partition coefficient (Wildman–Crippen LogP) is 3.92. The first-order chi connectivity index (χ1) is 18.8. The maximum Gasteiger partial charge on any atom is 0.379 e. The SMILES string of the molecule is Cc1c(NC(=O)[C@@H](C)OC(=O)c2nc(-c3ccccc3)n(-c3ccccc3)n2)c(=O)n(-c2ccccc2)n1C. The van der Waals surface area contributed by atoms with Crippen molar-refractivity contribution in [3.63, 3.8) is 0 Å². The van der Waals surface area contributed by atoms with E-state index in [1.165, 1.54) is 11.6 Å². The monoisotopic (exact) mass is 522 g/mol. The third-order valence-corrected chi connectivity index (χ3v) is 6.28. The lowest BCUT2D eigenvalue weighted by atomic mass is 10.2. The number of anilines is 1. The zero-order chi connectivity index (χ0) is 27.5. The molecule has 1 N–H and O–H groups in total. The zero-order valence-corrected chi connectivity index (χ0v) is 21.6. The van der Waals surface area contributed by atoms with Crippen molar-refractivity contribution in [1.29, 1.82) is 0 Å². The van der Waals surface area contributed by atoms with Gasteiger partial charge in [-0.15, -0.1) is 5.10 Å². The fourth-order valence-corrected chi connectivity index (χ4v) is 4.13. The minimum absolute atomic E-state index is 0.104. The summed E-state index contributed by atoms with van der Waals surface area (Å²) in [6.45, 7) is 3.14. The Morgan fingerprint density at radius 3 is 2.05 bits per heavy atom. The summed E-state index contributed by atoms with van der Waals surface area (Å²) in [6.07, 6.45) is -1.22. The van der Waals surface area contributed by atoms with Gasteiger partial charge < -0.3 is 10.1 Å². The molecule has 0 aliphatic rings. The number of hydrogen-bond donors (Lipinski definition) is 1. The molecular formula is C29H26N6O4. The molecular weight excluding hydrogens is 496 g/mol. The molecule has 2 heterocycles. The van der Waals surface area contributed by atoms with Gasteiger partial charge in [0.25, 0.3) is 17.3 Å². The van der Waals surface area contributed by atoms with Crippen molar-refractivity contribution in [1.82, 2.24) is 24.1 Å². The van der Waals surface area contributed by atoms with E-state index in [9.17, 15) is 14.4 Å². The Bertz CT molecular complexity index is 1630. The molecule has 0 unspecified atom stereocenters. The van der Waals surface area contributed by atoms with Crippen molar-refractivity contribution in [2.45, 2.75) is 20.0 Å². The summed E-state index contributed by atoms with van der Waals surface area (Å²) in [7, 11) is 1.72. The van der Waals surface area contributed by atoms with E-state index in [1.54, 1.807) is 35.5 Å². The number of carbonyl (C=O) groups excluding carboxylic acids is 2. The van der Waals surface area contributed by atoms with Crippen LogP contribution in [-0.2, 0) is 16.6 Å². The highest BCUT2D eigenvalue weighted by atomic mass is 16.5. The summed E-state index contributed by atoms with van der Waals surface area (Å²) >= 11 is 0. The minimum atomic E-state index is -1.22. The Kier molecular flexibility index (Phi) is 6.92. The number of ether oxygens (including phenoxy) is 1. The maximum atomic E-state index is 13.1. The van der Waals surface area contributed by atoms with Gasteiger partial charge >= 0.3 is 5.97 Å². The van der Waals surface area contributed by atoms with Crippen LogP contribution >= 0.6 is 0 Å². The molecule has 0 radical (unpaired) electrons. The van der Waals surface area contributed by atoms with Gasteiger partial charge in [-0.2, -0.15) is 0 Å². The summed E-state index contributed by atoms with van der Waals surface area (Å²) in [6, 6.07) is 27.7. The van der Waals surface area contributed by atoms with E-state index in [0.717, 1.165) is 5.56 Å². The molecule has 0 spiro atoms. The lowest BCUT2D eigenvalue weighted by Gasteiger charge is -2.11. The number of nitrogens with zero attached hydrogens (tertiary/aromatic N) is 5. The highest BCUT2D eigenvalue weighted by Crippen LogP contribution is 2.21. The van der Waals surface area contributed by atoms with Gasteiger partial charge in [-0.3, -0.25) is 14.3 Å². The van der Waals surface area contributed by atoms with E-state index in [4.69, 9.17) is 4.74 Å². The molecule has 0 bridgehead atoms. The lowest BCUT2D eigenvalue weighted by molar-refractivity contribution is -0.123. The largest absolute Gasteiger partial charge is 0.447 e. The first kappa shape index (κ1) is 25.4. The Balaban J connectivity index is 1.37. The van der Waals surface area contributed by atoms with E-state index in [1.807, 2.05) is 78.9 Å². The normalized spacial score (nSPS) is 11.7. The van der Waals surface area contributed by atoms with Crippen molar-refractivity contribution in [3.8, 4) is 22.8 Å². The number of esters is 1. The van der Waals surface area contributed by atoms with Crippen LogP contribution in [0.15, 0.2) is 95.8 Å². The topological polar surface area (TPSA) is 113 Å². The number of benzene rings is 3. The first-order valence-electron chi connectivity index (χ1n) is 12.3.